The summed E-state index contributed by atoms with van der Waals surface area (Å²) < 4.78 is 7.45. The van der Waals surface area contributed by atoms with Gasteiger partial charge in [0.25, 0.3) is 5.56 Å². The molecule has 0 saturated heterocycles. The highest BCUT2D eigenvalue weighted by atomic mass is 16.5. The Morgan fingerprint density at radius 2 is 1.92 bits per heavy atom. The summed E-state index contributed by atoms with van der Waals surface area (Å²) in [6, 6.07) is 24.7. The second-order valence-corrected chi connectivity index (χ2v) is 8.39. The molecule has 0 saturated carbocycles. The van der Waals surface area contributed by atoms with E-state index in [-0.39, 0.29) is 17.0 Å². The molecule has 7 heteroatoms. The number of nitrogens with one attached hydrogen (secondary N) is 1. The minimum Gasteiger partial charge on any atom is -0.490 e. The highest BCUT2D eigenvalue weighted by Crippen LogP contribution is 2.31. The van der Waals surface area contributed by atoms with E-state index >= 15 is 0 Å². The van der Waals surface area contributed by atoms with Crippen molar-refractivity contribution in [2.45, 2.75) is 6.92 Å². The van der Waals surface area contributed by atoms with Crippen molar-refractivity contribution in [2.24, 2.45) is 0 Å². The molecule has 7 nitrogen and oxygen atoms in total. The van der Waals surface area contributed by atoms with Crippen LogP contribution >= 0.6 is 0 Å². The number of fused-ring (bicyclic) bond motifs is 1. The molecule has 0 radical (unpaired) electrons. The average Bonchev–Trinajstić information content (AvgIpc) is 3.34. The molecule has 0 aliphatic heterocycles. The zero-order chi connectivity index (χ0) is 25.8. The van der Waals surface area contributed by atoms with Gasteiger partial charge in [-0.05, 0) is 61.0 Å². The molecule has 0 spiro atoms. The number of rotatable bonds is 7. The first-order valence-corrected chi connectivity index (χ1v) is 11.7. The highest BCUT2D eigenvalue weighted by molar-refractivity contribution is 5.92. The molecule has 0 amide bonds. The Kier molecular flexibility index (Phi) is 6.47. The van der Waals surface area contributed by atoms with Crippen molar-refractivity contribution >= 4 is 22.6 Å². The van der Waals surface area contributed by atoms with E-state index in [1.54, 1.807) is 35.0 Å². The Hall–Kier alpha value is -5.22. The zero-order valence-corrected chi connectivity index (χ0v) is 20.2. The number of aromatic amines is 1. The van der Waals surface area contributed by atoms with Gasteiger partial charge in [0.2, 0.25) is 0 Å². The third-order valence-electron chi connectivity index (χ3n) is 5.87. The Morgan fingerprint density at radius 3 is 2.68 bits per heavy atom. The molecule has 0 bridgehead atoms. The molecule has 3 aromatic carbocycles. The van der Waals surface area contributed by atoms with Crippen molar-refractivity contribution in [3.8, 4) is 28.8 Å². The lowest BCUT2D eigenvalue weighted by Gasteiger charge is -2.09. The van der Waals surface area contributed by atoms with E-state index in [0.29, 0.717) is 28.8 Å². The van der Waals surface area contributed by atoms with Crippen LogP contribution in [0.15, 0.2) is 96.4 Å². The number of hydrogen-bond donors (Lipinski definition) is 1. The minimum atomic E-state index is -0.298. The fourth-order valence-electron chi connectivity index (χ4n) is 4.09. The number of H-pyrrole nitrogens is 1. The summed E-state index contributed by atoms with van der Waals surface area (Å²) in [4.78, 5) is 19.9. The maximum absolute atomic E-state index is 12.6. The van der Waals surface area contributed by atoms with Gasteiger partial charge in [0, 0.05) is 17.3 Å². The first-order valence-electron chi connectivity index (χ1n) is 11.7. The number of aromatic nitrogens is 4. The summed E-state index contributed by atoms with van der Waals surface area (Å²) in [6.45, 7) is 6.09. The van der Waals surface area contributed by atoms with E-state index in [4.69, 9.17) is 9.84 Å². The second-order valence-electron chi connectivity index (χ2n) is 8.39. The summed E-state index contributed by atoms with van der Waals surface area (Å²) >= 11 is 0. The normalized spacial score (nSPS) is 11.3. The van der Waals surface area contributed by atoms with Gasteiger partial charge in [0.15, 0.2) is 5.82 Å². The molecule has 0 aliphatic rings. The van der Waals surface area contributed by atoms with Gasteiger partial charge in [-0.2, -0.15) is 10.4 Å². The summed E-state index contributed by atoms with van der Waals surface area (Å²) in [7, 11) is 0. The number of benzene rings is 3. The lowest BCUT2D eigenvalue weighted by molar-refractivity contribution is 0.363. The molecule has 5 rings (SSSR count). The monoisotopic (exact) mass is 485 g/mol. The smallest absolute Gasteiger partial charge is 0.259 e. The topological polar surface area (TPSA) is 96.6 Å². The second kappa shape index (κ2) is 10.2. The molecule has 2 aromatic heterocycles. The van der Waals surface area contributed by atoms with Crippen molar-refractivity contribution in [2.75, 3.05) is 6.61 Å². The average molecular weight is 486 g/mol. The standard InChI is InChI=1S/C30H23N5O2/c1-3-15-37-24-13-14-25(20(2)16-24)28-22(19-35(34-28)23-9-5-4-6-10-23)17-21(18-31)29-32-27-12-8-7-11-26(27)30(36)33-29/h3-14,16-17,19H,1,15H2,2H3,(H,32,33,36). The van der Waals surface area contributed by atoms with Crippen LogP contribution in [0.3, 0.4) is 0 Å². The van der Waals surface area contributed by atoms with Crippen LogP contribution < -0.4 is 10.3 Å². The number of aryl methyl sites for hydroxylation is 1. The third-order valence-corrected chi connectivity index (χ3v) is 5.87. The van der Waals surface area contributed by atoms with E-state index in [1.807, 2.05) is 67.7 Å². The molecule has 2 heterocycles. The number of nitrogens with zero attached hydrogens (tertiary/aromatic N) is 4. The molecule has 0 atom stereocenters. The molecular formula is C30H23N5O2. The summed E-state index contributed by atoms with van der Waals surface area (Å²) in [5.74, 6) is 0.936. The van der Waals surface area contributed by atoms with Crippen LogP contribution in [-0.4, -0.2) is 26.4 Å². The molecule has 0 aliphatic carbocycles. The maximum atomic E-state index is 12.6. The maximum Gasteiger partial charge on any atom is 0.259 e. The van der Waals surface area contributed by atoms with Gasteiger partial charge in [-0.3, -0.25) is 4.79 Å². The first kappa shape index (κ1) is 23.5. The molecule has 37 heavy (non-hydrogen) atoms. The van der Waals surface area contributed by atoms with Crippen LogP contribution in [0, 0.1) is 18.3 Å². The molecule has 0 fully saturated rings. The number of allylic oxidation sites excluding steroid dienone is 1. The predicted octanol–water partition coefficient (Wildman–Crippen LogP) is 5.71. The molecular weight excluding hydrogens is 462 g/mol. The fraction of sp³-hybridized carbons (Fsp3) is 0.0667. The molecule has 180 valence electrons. The van der Waals surface area contributed by atoms with Gasteiger partial charge in [0.1, 0.15) is 24.1 Å². The Labute approximate surface area is 213 Å². The van der Waals surface area contributed by atoms with E-state index < -0.39 is 0 Å². The van der Waals surface area contributed by atoms with Crippen molar-refractivity contribution < 1.29 is 4.74 Å². The Bertz CT molecular complexity index is 1740. The molecule has 1 N–H and O–H groups in total. The molecule has 5 aromatic rings. The summed E-state index contributed by atoms with van der Waals surface area (Å²) in [5.41, 5.74) is 4.57. The minimum absolute atomic E-state index is 0.203. The van der Waals surface area contributed by atoms with Crippen molar-refractivity contribution in [3.63, 3.8) is 0 Å². The zero-order valence-electron chi connectivity index (χ0n) is 20.2. The van der Waals surface area contributed by atoms with Crippen molar-refractivity contribution in [3.05, 3.63) is 119 Å². The Balaban J connectivity index is 1.66. The SMILES string of the molecule is C=CCOc1ccc(-c2nn(-c3ccccc3)cc2C=C(C#N)c2nc3ccccc3c(=O)[nH]2)c(C)c1. The van der Waals surface area contributed by atoms with Crippen LogP contribution in [0.4, 0.5) is 0 Å². The van der Waals surface area contributed by atoms with Crippen LogP contribution in [0.25, 0.3) is 39.5 Å². The van der Waals surface area contributed by atoms with Crippen LogP contribution in [-0.2, 0) is 0 Å². The van der Waals surface area contributed by atoms with Crippen LogP contribution in [0.5, 0.6) is 5.75 Å². The lowest BCUT2D eigenvalue weighted by atomic mass is 10.0. The van der Waals surface area contributed by atoms with Crippen LogP contribution in [0.2, 0.25) is 0 Å². The number of hydrogen-bond acceptors (Lipinski definition) is 5. The van der Waals surface area contributed by atoms with Gasteiger partial charge >= 0.3 is 0 Å². The highest BCUT2D eigenvalue weighted by Gasteiger charge is 2.16. The lowest BCUT2D eigenvalue weighted by Crippen LogP contribution is -2.11. The number of nitriles is 1. The molecule has 0 unspecified atom stereocenters. The van der Waals surface area contributed by atoms with Crippen molar-refractivity contribution in [1.82, 2.24) is 19.7 Å². The Morgan fingerprint density at radius 1 is 1.14 bits per heavy atom. The largest absolute Gasteiger partial charge is 0.490 e. The van der Waals surface area contributed by atoms with Gasteiger partial charge in [-0.1, -0.05) is 43.0 Å². The van der Waals surface area contributed by atoms with Crippen molar-refractivity contribution in [1.29, 1.82) is 5.26 Å². The van der Waals surface area contributed by atoms with E-state index in [0.717, 1.165) is 22.6 Å². The fourth-order valence-corrected chi connectivity index (χ4v) is 4.09. The first-order chi connectivity index (χ1) is 18.1. The summed E-state index contributed by atoms with van der Waals surface area (Å²) in [6.07, 6.45) is 5.27. The summed E-state index contributed by atoms with van der Waals surface area (Å²) in [5, 5.41) is 15.4. The van der Waals surface area contributed by atoms with E-state index in [9.17, 15) is 10.1 Å². The third kappa shape index (κ3) is 4.81. The van der Waals surface area contributed by atoms with E-state index in [1.165, 1.54) is 0 Å². The van der Waals surface area contributed by atoms with Gasteiger partial charge < -0.3 is 9.72 Å². The van der Waals surface area contributed by atoms with Gasteiger partial charge in [-0.25, -0.2) is 9.67 Å². The quantitative estimate of drug-likeness (QED) is 0.235. The number of para-hydroxylation sites is 2. The van der Waals surface area contributed by atoms with Gasteiger partial charge in [-0.15, -0.1) is 0 Å². The predicted molar refractivity (Wildman–Crippen MR) is 145 cm³/mol. The number of ether oxygens (including phenoxy) is 1. The van der Waals surface area contributed by atoms with E-state index in [2.05, 4.69) is 22.6 Å². The van der Waals surface area contributed by atoms with Crippen LogP contribution in [0.1, 0.15) is 17.0 Å². The van der Waals surface area contributed by atoms with Gasteiger partial charge in [0.05, 0.1) is 22.2 Å².